The van der Waals surface area contributed by atoms with Crippen LogP contribution in [0.1, 0.15) is 12.0 Å². The fourth-order valence-electron chi connectivity index (χ4n) is 1.63. The number of aliphatic carboxylic acids is 1. The van der Waals surface area contributed by atoms with E-state index in [1.807, 2.05) is 25.3 Å². The van der Waals surface area contributed by atoms with Crippen molar-refractivity contribution in [3.05, 3.63) is 28.2 Å². The van der Waals surface area contributed by atoms with Crippen LogP contribution in [0.2, 0.25) is 0 Å². The van der Waals surface area contributed by atoms with E-state index in [0.29, 0.717) is 17.9 Å². The molecule has 0 unspecified atom stereocenters. The van der Waals surface area contributed by atoms with Gasteiger partial charge in [0, 0.05) is 10.2 Å². The van der Waals surface area contributed by atoms with Crippen LogP contribution in [-0.4, -0.2) is 35.2 Å². The highest BCUT2D eigenvalue weighted by atomic mass is 79.9. The number of carbonyl (C=O) groups is 2. The summed E-state index contributed by atoms with van der Waals surface area (Å²) < 4.78 is 0.852. The number of hydrogen-bond donors (Lipinski definition) is 3. The summed E-state index contributed by atoms with van der Waals surface area (Å²) in [6, 6.07) is 4.08. The van der Waals surface area contributed by atoms with E-state index in [2.05, 4.69) is 26.6 Å². The number of benzene rings is 1. The summed E-state index contributed by atoms with van der Waals surface area (Å²) >= 11 is 4.88. The molecule has 0 heterocycles. The van der Waals surface area contributed by atoms with E-state index >= 15 is 0 Å². The molecular formula is C13H17BrN2O3S. The highest BCUT2D eigenvalue weighted by Crippen LogP contribution is 2.19. The second kappa shape index (κ2) is 8.16. The molecule has 0 aliphatic carbocycles. The van der Waals surface area contributed by atoms with Gasteiger partial charge in [0.25, 0.3) is 0 Å². The lowest BCUT2D eigenvalue weighted by atomic mass is 10.2. The molecule has 0 spiro atoms. The number of thioether (sulfide) groups is 1. The minimum atomic E-state index is -1.03. The van der Waals surface area contributed by atoms with Crippen molar-refractivity contribution in [2.75, 3.05) is 17.3 Å². The summed E-state index contributed by atoms with van der Waals surface area (Å²) in [5, 5.41) is 14.1. The van der Waals surface area contributed by atoms with Crippen LogP contribution >= 0.6 is 27.7 Å². The number of aryl methyl sites for hydroxylation is 1. The second-order valence-corrected chi connectivity index (χ2v) is 6.19. The Kier molecular flexibility index (Phi) is 6.87. The first-order valence-electron chi connectivity index (χ1n) is 5.99. The van der Waals surface area contributed by atoms with Crippen molar-refractivity contribution in [1.29, 1.82) is 0 Å². The minimum Gasteiger partial charge on any atom is -0.480 e. The highest BCUT2D eigenvalue weighted by molar-refractivity contribution is 9.10. The number of hydrogen-bond acceptors (Lipinski definition) is 3. The standard InChI is InChI=1S/C13H17BrN2O3S/c1-8-5-9(14)7-10(6-8)15-13(19)16-11(12(17)18)3-4-20-2/h5-7,11H,3-4H2,1-2H3,(H,17,18)(H2,15,16,19)/t11-/m0/s1. The molecule has 0 aromatic heterocycles. The maximum atomic E-state index is 11.8. The monoisotopic (exact) mass is 360 g/mol. The van der Waals surface area contributed by atoms with E-state index in [0.717, 1.165) is 10.0 Å². The molecule has 1 rings (SSSR count). The molecule has 7 heteroatoms. The number of carboxylic acids is 1. The third kappa shape index (κ3) is 5.83. The van der Waals surface area contributed by atoms with Crippen molar-refractivity contribution in [3.8, 4) is 0 Å². The molecule has 0 fully saturated rings. The number of carbonyl (C=O) groups excluding carboxylic acids is 1. The Morgan fingerprint density at radius 3 is 2.65 bits per heavy atom. The summed E-state index contributed by atoms with van der Waals surface area (Å²) in [6.07, 6.45) is 2.28. The van der Waals surface area contributed by atoms with Gasteiger partial charge >= 0.3 is 12.0 Å². The van der Waals surface area contributed by atoms with Crippen molar-refractivity contribution < 1.29 is 14.7 Å². The van der Waals surface area contributed by atoms with Crippen LogP contribution in [-0.2, 0) is 4.79 Å². The molecule has 110 valence electrons. The molecule has 0 saturated carbocycles. The maximum absolute atomic E-state index is 11.8. The van der Waals surface area contributed by atoms with Gasteiger partial charge in [-0.3, -0.25) is 0 Å². The van der Waals surface area contributed by atoms with Crippen LogP contribution in [0, 0.1) is 6.92 Å². The first-order valence-corrected chi connectivity index (χ1v) is 8.17. The average Bonchev–Trinajstić information content (AvgIpc) is 2.32. The van der Waals surface area contributed by atoms with Gasteiger partial charge < -0.3 is 15.7 Å². The van der Waals surface area contributed by atoms with Crippen LogP contribution in [0.25, 0.3) is 0 Å². The van der Waals surface area contributed by atoms with Gasteiger partial charge in [0.1, 0.15) is 6.04 Å². The first kappa shape index (κ1) is 16.8. The molecular weight excluding hydrogens is 344 g/mol. The number of anilines is 1. The minimum absolute atomic E-state index is 0.390. The van der Waals surface area contributed by atoms with Crippen LogP contribution in [0.4, 0.5) is 10.5 Å². The number of nitrogens with one attached hydrogen (secondary N) is 2. The number of urea groups is 1. The van der Waals surface area contributed by atoms with Crippen molar-refractivity contribution >= 4 is 45.4 Å². The van der Waals surface area contributed by atoms with Crippen LogP contribution in [0.5, 0.6) is 0 Å². The summed E-state index contributed by atoms with van der Waals surface area (Å²) in [6.45, 7) is 1.91. The van der Waals surface area contributed by atoms with Gasteiger partial charge in [-0.25, -0.2) is 9.59 Å². The van der Waals surface area contributed by atoms with Crippen LogP contribution in [0.3, 0.4) is 0 Å². The lowest BCUT2D eigenvalue weighted by Crippen LogP contribution is -2.43. The molecule has 0 aliphatic rings. The average molecular weight is 361 g/mol. The second-order valence-electron chi connectivity index (χ2n) is 4.29. The van der Waals surface area contributed by atoms with E-state index in [1.54, 1.807) is 17.8 Å². The lowest BCUT2D eigenvalue weighted by molar-refractivity contribution is -0.139. The highest BCUT2D eigenvalue weighted by Gasteiger charge is 2.19. The van der Waals surface area contributed by atoms with Gasteiger partial charge in [0.15, 0.2) is 0 Å². The predicted octanol–water partition coefficient (Wildman–Crippen LogP) is 3.09. The van der Waals surface area contributed by atoms with E-state index in [9.17, 15) is 9.59 Å². The van der Waals surface area contributed by atoms with Gasteiger partial charge in [-0.15, -0.1) is 0 Å². The predicted molar refractivity (Wildman–Crippen MR) is 85.5 cm³/mol. The smallest absolute Gasteiger partial charge is 0.326 e. The summed E-state index contributed by atoms with van der Waals surface area (Å²) in [5.74, 6) is -0.354. The third-order valence-electron chi connectivity index (χ3n) is 2.51. The molecule has 1 aromatic rings. The van der Waals surface area contributed by atoms with E-state index in [4.69, 9.17) is 5.11 Å². The fraction of sp³-hybridized carbons (Fsp3) is 0.385. The zero-order valence-corrected chi connectivity index (χ0v) is 13.7. The molecule has 3 N–H and O–H groups in total. The zero-order valence-electron chi connectivity index (χ0n) is 11.3. The number of halogens is 1. The Labute approximate surface area is 130 Å². The zero-order chi connectivity index (χ0) is 15.1. The van der Waals surface area contributed by atoms with Crippen LogP contribution < -0.4 is 10.6 Å². The Hall–Kier alpha value is -1.21. The summed E-state index contributed by atoms with van der Waals surface area (Å²) in [4.78, 5) is 22.8. The maximum Gasteiger partial charge on any atom is 0.326 e. The molecule has 0 bridgehead atoms. The van der Waals surface area contributed by atoms with E-state index in [-0.39, 0.29) is 0 Å². The Morgan fingerprint density at radius 2 is 2.10 bits per heavy atom. The normalized spacial score (nSPS) is 11.8. The topological polar surface area (TPSA) is 78.4 Å². The van der Waals surface area contributed by atoms with E-state index in [1.165, 1.54) is 0 Å². The third-order valence-corrected chi connectivity index (χ3v) is 3.62. The molecule has 0 saturated heterocycles. The molecule has 20 heavy (non-hydrogen) atoms. The molecule has 5 nitrogen and oxygen atoms in total. The molecule has 0 radical (unpaired) electrons. The van der Waals surface area contributed by atoms with Crippen molar-refractivity contribution in [2.45, 2.75) is 19.4 Å². The van der Waals surface area contributed by atoms with E-state index < -0.39 is 18.0 Å². The lowest BCUT2D eigenvalue weighted by Gasteiger charge is -2.15. The number of rotatable bonds is 6. The van der Waals surface area contributed by atoms with Gasteiger partial charge in [-0.2, -0.15) is 11.8 Å². The van der Waals surface area contributed by atoms with Crippen molar-refractivity contribution in [2.24, 2.45) is 0 Å². The molecule has 1 aromatic carbocycles. The van der Waals surface area contributed by atoms with Gasteiger partial charge in [0.2, 0.25) is 0 Å². The van der Waals surface area contributed by atoms with Crippen molar-refractivity contribution in [3.63, 3.8) is 0 Å². The number of amides is 2. The Morgan fingerprint density at radius 1 is 1.40 bits per heavy atom. The Balaban J connectivity index is 2.63. The summed E-state index contributed by atoms with van der Waals surface area (Å²) in [7, 11) is 0. The van der Waals surface area contributed by atoms with Gasteiger partial charge in [-0.1, -0.05) is 15.9 Å². The molecule has 1 atom stereocenters. The van der Waals surface area contributed by atoms with Crippen LogP contribution in [0.15, 0.2) is 22.7 Å². The van der Waals surface area contributed by atoms with Gasteiger partial charge in [0.05, 0.1) is 0 Å². The fourth-order valence-corrected chi connectivity index (χ4v) is 2.71. The SMILES string of the molecule is CSCC[C@H](NC(=O)Nc1cc(C)cc(Br)c1)C(=O)O. The first-order chi connectivity index (χ1) is 9.42. The van der Waals surface area contributed by atoms with Crippen molar-refractivity contribution in [1.82, 2.24) is 5.32 Å². The van der Waals surface area contributed by atoms with Gasteiger partial charge in [-0.05, 0) is 49.1 Å². The largest absolute Gasteiger partial charge is 0.480 e. The molecule has 0 aliphatic heterocycles. The molecule has 2 amide bonds. The Bertz CT molecular complexity index is 476. The number of carboxylic acid groups (broad SMARTS) is 1. The quantitative estimate of drug-likeness (QED) is 0.728. The summed E-state index contributed by atoms with van der Waals surface area (Å²) in [5.41, 5.74) is 1.61.